The Hall–Kier alpha value is -3.36. The molecule has 0 aliphatic carbocycles. The number of carbonyl (C=O) groups is 1. The van der Waals surface area contributed by atoms with Gasteiger partial charge in [-0.15, -0.1) is 0 Å². The van der Waals surface area contributed by atoms with Crippen LogP contribution in [0, 0.1) is 6.92 Å². The molecule has 0 atom stereocenters. The van der Waals surface area contributed by atoms with Gasteiger partial charge >= 0.3 is 6.18 Å². The van der Waals surface area contributed by atoms with Crippen LogP contribution in [0.1, 0.15) is 28.5 Å². The fourth-order valence-corrected chi connectivity index (χ4v) is 2.67. The second-order valence-electron chi connectivity index (χ2n) is 6.18. The zero-order valence-corrected chi connectivity index (χ0v) is 15.2. The van der Waals surface area contributed by atoms with Gasteiger partial charge in [-0.2, -0.15) is 18.3 Å². The van der Waals surface area contributed by atoms with Crippen LogP contribution in [0.25, 0.3) is 11.3 Å². The fourth-order valence-electron chi connectivity index (χ4n) is 2.67. The number of pyridine rings is 1. The summed E-state index contributed by atoms with van der Waals surface area (Å²) in [6.45, 7) is 3.82. The largest absolute Gasteiger partial charge is 0.435 e. The molecule has 0 unspecified atom stereocenters. The summed E-state index contributed by atoms with van der Waals surface area (Å²) in [5.41, 5.74) is 6.93. The Bertz CT molecular complexity index is 1010. The number of benzene rings is 1. The van der Waals surface area contributed by atoms with E-state index in [9.17, 15) is 18.0 Å². The van der Waals surface area contributed by atoms with Gasteiger partial charge < -0.3 is 11.1 Å². The molecule has 0 spiro atoms. The molecule has 0 saturated carbocycles. The Kier molecular flexibility index (Phi) is 5.08. The van der Waals surface area contributed by atoms with Crippen LogP contribution < -0.4 is 11.1 Å². The van der Waals surface area contributed by atoms with Crippen molar-refractivity contribution in [3.8, 4) is 11.3 Å². The molecule has 2 heterocycles. The number of nitrogen functional groups attached to an aromatic ring is 1. The number of aryl methyl sites for hydroxylation is 2. The van der Waals surface area contributed by atoms with E-state index in [0.29, 0.717) is 11.1 Å². The van der Waals surface area contributed by atoms with E-state index in [-0.39, 0.29) is 29.8 Å². The molecule has 0 bridgehead atoms. The van der Waals surface area contributed by atoms with Crippen LogP contribution in [0.15, 0.2) is 42.5 Å². The average Bonchev–Trinajstić information content (AvgIpc) is 3.07. The molecule has 28 heavy (non-hydrogen) atoms. The minimum atomic E-state index is -4.56. The Labute approximate surface area is 159 Å². The van der Waals surface area contributed by atoms with Gasteiger partial charge in [0.15, 0.2) is 5.69 Å². The standard InChI is InChI=1S/C19H18F3N5O/c1-3-27-14(10-15(26-27)19(20,21)22)13-8-9-16(24-17(13)23)25-18(28)12-6-4-11(2)5-7-12/h4-10H,3H2,1-2H3,(H3,23,24,25,28). The van der Waals surface area contributed by atoms with Crippen LogP contribution in [0.5, 0.6) is 0 Å². The number of rotatable bonds is 4. The summed E-state index contributed by atoms with van der Waals surface area (Å²) in [5.74, 6) is -0.173. The molecule has 0 radical (unpaired) electrons. The molecule has 0 fully saturated rings. The van der Waals surface area contributed by atoms with E-state index in [4.69, 9.17) is 5.73 Å². The number of nitrogens with one attached hydrogen (secondary N) is 1. The Morgan fingerprint density at radius 1 is 1.18 bits per heavy atom. The average molecular weight is 389 g/mol. The third-order valence-corrected chi connectivity index (χ3v) is 4.13. The highest BCUT2D eigenvalue weighted by molar-refractivity contribution is 6.04. The zero-order chi connectivity index (χ0) is 20.5. The molecule has 2 aromatic heterocycles. The van der Waals surface area contributed by atoms with Crippen molar-refractivity contribution in [2.75, 3.05) is 11.1 Å². The maximum Gasteiger partial charge on any atom is 0.435 e. The molecular weight excluding hydrogens is 371 g/mol. The van der Waals surface area contributed by atoms with Gasteiger partial charge in [0.05, 0.1) is 5.69 Å². The van der Waals surface area contributed by atoms with Crippen molar-refractivity contribution in [3.63, 3.8) is 0 Å². The van der Waals surface area contributed by atoms with E-state index in [2.05, 4.69) is 15.4 Å². The molecule has 0 saturated heterocycles. The molecule has 1 aromatic carbocycles. The predicted octanol–water partition coefficient (Wildman–Crippen LogP) is 4.13. The van der Waals surface area contributed by atoms with Crippen LogP contribution >= 0.6 is 0 Å². The minimum Gasteiger partial charge on any atom is -0.383 e. The van der Waals surface area contributed by atoms with Gasteiger partial charge in [0.1, 0.15) is 11.6 Å². The Balaban J connectivity index is 1.88. The number of hydrogen-bond acceptors (Lipinski definition) is 4. The summed E-state index contributed by atoms with van der Waals surface area (Å²) in [5, 5.41) is 6.20. The summed E-state index contributed by atoms with van der Waals surface area (Å²) in [7, 11) is 0. The summed E-state index contributed by atoms with van der Waals surface area (Å²) >= 11 is 0. The summed E-state index contributed by atoms with van der Waals surface area (Å²) in [4.78, 5) is 16.4. The predicted molar refractivity (Wildman–Crippen MR) is 99.7 cm³/mol. The molecule has 0 aliphatic heterocycles. The number of anilines is 2. The topological polar surface area (TPSA) is 85.8 Å². The van der Waals surface area contributed by atoms with Crippen molar-refractivity contribution >= 4 is 17.5 Å². The van der Waals surface area contributed by atoms with Gasteiger partial charge in [-0.05, 0) is 44.2 Å². The van der Waals surface area contributed by atoms with Crippen molar-refractivity contribution in [2.24, 2.45) is 0 Å². The molecule has 3 rings (SSSR count). The summed E-state index contributed by atoms with van der Waals surface area (Å²) < 4.78 is 40.1. The molecule has 146 valence electrons. The van der Waals surface area contributed by atoms with Crippen molar-refractivity contribution in [1.29, 1.82) is 0 Å². The lowest BCUT2D eigenvalue weighted by Crippen LogP contribution is -2.13. The molecule has 0 aliphatic rings. The fraction of sp³-hybridized carbons (Fsp3) is 0.211. The van der Waals surface area contributed by atoms with Crippen molar-refractivity contribution in [1.82, 2.24) is 14.8 Å². The van der Waals surface area contributed by atoms with Crippen molar-refractivity contribution in [3.05, 3.63) is 59.3 Å². The smallest absolute Gasteiger partial charge is 0.383 e. The first kappa shape index (κ1) is 19.4. The van der Waals surface area contributed by atoms with E-state index in [0.717, 1.165) is 11.6 Å². The van der Waals surface area contributed by atoms with Crippen molar-refractivity contribution < 1.29 is 18.0 Å². The van der Waals surface area contributed by atoms with E-state index < -0.39 is 11.9 Å². The summed E-state index contributed by atoms with van der Waals surface area (Å²) in [6, 6.07) is 10.9. The van der Waals surface area contributed by atoms with Gasteiger partial charge in [0.2, 0.25) is 0 Å². The Morgan fingerprint density at radius 3 is 2.43 bits per heavy atom. The number of alkyl halides is 3. The number of aromatic nitrogens is 3. The quantitative estimate of drug-likeness (QED) is 0.703. The second kappa shape index (κ2) is 7.34. The van der Waals surface area contributed by atoms with Crippen LogP contribution in [0.2, 0.25) is 0 Å². The third kappa shape index (κ3) is 3.98. The van der Waals surface area contributed by atoms with Crippen LogP contribution in [0.4, 0.5) is 24.8 Å². The first-order valence-corrected chi connectivity index (χ1v) is 8.49. The Morgan fingerprint density at radius 2 is 1.86 bits per heavy atom. The van der Waals surface area contributed by atoms with E-state index in [1.54, 1.807) is 19.1 Å². The normalized spacial score (nSPS) is 11.5. The highest BCUT2D eigenvalue weighted by Gasteiger charge is 2.35. The lowest BCUT2D eigenvalue weighted by Gasteiger charge is -2.10. The number of nitrogens with zero attached hydrogens (tertiary/aromatic N) is 3. The third-order valence-electron chi connectivity index (χ3n) is 4.13. The van der Waals surface area contributed by atoms with Gasteiger partial charge in [0, 0.05) is 17.7 Å². The highest BCUT2D eigenvalue weighted by atomic mass is 19.4. The SMILES string of the molecule is CCn1nc(C(F)(F)F)cc1-c1ccc(NC(=O)c2ccc(C)cc2)nc1N. The van der Waals surface area contributed by atoms with Gasteiger partial charge in [-0.25, -0.2) is 4.98 Å². The number of nitrogens with two attached hydrogens (primary N) is 1. The lowest BCUT2D eigenvalue weighted by atomic mass is 10.1. The van der Waals surface area contributed by atoms with Gasteiger partial charge in [-0.3, -0.25) is 9.48 Å². The van der Waals surface area contributed by atoms with E-state index in [1.807, 2.05) is 19.1 Å². The van der Waals surface area contributed by atoms with E-state index >= 15 is 0 Å². The van der Waals surface area contributed by atoms with Crippen LogP contribution in [0.3, 0.4) is 0 Å². The zero-order valence-electron chi connectivity index (χ0n) is 15.2. The molecule has 3 N–H and O–H groups in total. The van der Waals surface area contributed by atoms with Crippen LogP contribution in [-0.2, 0) is 12.7 Å². The number of hydrogen-bond donors (Lipinski definition) is 2. The number of carbonyl (C=O) groups excluding carboxylic acids is 1. The van der Waals surface area contributed by atoms with Crippen molar-refractivity contribution in [2.45, 2.75) is 26.6 Å². The van der Waals surface area contributed by atoms with Crippen LogP contribution in [-0.4, -0.2) is 20.7 Å². The second-order valence-corrected chi connectivity index (χ2v) is 6.18. The minimum absolute atomic E-state index is 0.00923. The molecule has 9 heteroatoms. The molecule has 3 aromatic rings. The lowest BCUT2D eigenvalue weighted by molar-refractivity contribution is -0.141. The first-order chi connectivity index (χ1) is 13.2. The van der Waals surface area contributed by atoms with E-state index in [1.165, 1.54) is 16.8 Å². The maximum absolute atomic E-state index is 13.0. The molecule has 1 amide bonds. The molecule has 6 nitrogen and oxygen atoms in total. The van der Waals surface area contributed by atoms with Gasteiger partial charge in [0.25, 0.3) is 5.91 Å². The monoisotopic (exact) mass is 389 g/mol. The first-order valence-electron chi connectivity index (χ1n) is 8.49. The highest BCUT2D eigenvalue weighted by Crippen LogP contribution is 2.33. The number of halogens is 3. The molecular formula is C19H18F3N5O. The van der Waals surface area contributed by atoms with Gasteiger partial charge in [-0.1, -0.05) is 17.7 Å². The summed E-state index contributed by atoms with van der Waals surface area (Å²) in [6.07, 6.45) is -4.56. The maximum atomic E-state index is 13.0. The number of amides is 1.